The molecule has 0 saturated heterocycles. The Morgan fingerprint density at radius 3 is 2.50 bits per heavy atom. The summed E-state index contributed by atoms with van der Waals surface area (Å²) >= 11 is 0. The third-order valence-corrected chi connectivity index (χ3v) is 2.92. The van der Waals surface area contributed by atoms with Crippen LogP contribution >= 0.6 is 0 Å². The van der Waals surface area contributed by atoms with Gasteiger partial charge in [-0.15, -0.1) is 0 Å². The molecule has 0 bridgehead atoms. The summed E-state index contributed by atoms with van der Waals surface area (Å²) in [6, 6.07) is 5.74. The minimum Gasteiger partial charge on any atom is -0.444 e. The van der Waals surface area contributed by atoms with E-state index in [1.807, 2.05) is 58.0 Å². The number of carbonyl (C=O) groups is 2. The Kier molecular flexibility index (Phi) is 6.35. The summed E-state index contributed by atoms with van der Waals surface area (Å²) in [7, 11) is 0. The Hall–Kier alpha value is -2.10. The summed E-state index contributed by atoms with van der Waals surface area (Å²) in [5.41, 5.74) is 2.29. The largest absolute Gasteiger partial charge is 0.444 e. The predicted molar refractivity (Wildman–Crippen MR) is 89.1 cm³/mol. The molecule has 1 N–H and O–H groups in total. The fourth-order valence-corrected chi connectivity index (χ4v) is 1.98. The van der Waals surface area contributed by atoms with Crippen molar-refractivity contribution < 1.29 is 14.3 Å². The number of aryl methyl sites for hydroxylation is 1. The summed E-state index contributed by atoms with van der Waals surface area (Å²) in [5.74, 6) is 0.0783. The average Bonchev–Trinajstić information content (AvgIpc) is 2.35. The molecule has 0 heterocycles. The highest BCUT2D eigenvalue weighted by Crippen LogP contribution is 2.13. The Balaban J connectivity index is 2.42. The van der Waals surface area contributed by atoms with Gasteiger partial charge in [0, 0.05) is 12.1 Å². The van der Waals surface area contributed by atoms with Crippen LogP contribution in [0, 0.1) is 6.92 Å². The first kappa shape index (κ1) is 18.0. The Morgan fingerprint density at radius 2 is 1.95 bits per heavy atom. The number of amides is 1. The minimum absolute atomic E-state index is 0.0783. The van der Waals surface area contributed by atoms with Gasteiger partial charge in [0.1, 0.15) is 5.60 Å². The van der Waals surface area contributed by atoms with E-state index in [0.29, 0.717) is 13.0 Å². The van der Waals surface area contributed by atoms with E-state index in [1.165, 1.54) is 0 Å². The molecule has 22 heavy (non-hydrogen) atoms. The van der Waals surface area contributed by atoms with Crippen LogP contribution < -0.4 is 5.32 Å². The summed E-state index contributed by atoms with van der Waals surface area (Å²) in [5, 5.41) is 2.70. The third kappa shape index (κ3) is 6.57. The topological polar surface area (TPSA) is 55.4 Å². The number of ether oxygens (including phenoxy) is 1. The normalized spacial score (nSPS) is 11.5. The van der Waals surface area contributed by atoms with Crippen molar-refractivity contribution in [2.75, 3.05) is 6.54 Å². The molecule has 0 aliphatic carbocycles. The van der Waals surface area contributed by atoms with Crippen LogP contribution in [0.15, 0.2) is 24.3 Å². The summed E-state index contributed by atoms with van der Waals surface area (Å²) < 4.78 is 5.15. The predicted octanol–water partition coefficient (Wildman–Crippen LogP) is 4.13. The Bertz CT molecular complexity index is 568. The van der Waals surface area contributed by atoms with Crippen LogP contribution in [0.5, 0.6) is 0 Å². The van der Waals surface area contributed by atoms with Gasteiger partial charge in [0.2, 0.25) is 0 Å². The second kappa shape index (κ2) is 7.78. The molecule has 0 spiro atoms. The zero-order valence-corrected chi connectivity index (χ0v) is 14.0. The molecule has 1 aromatic rings. The maximum absolute atomic E-state index is 11.4. The van der Waals surface area contributed by atoms with Gasteiger partial charge in [-0.3, -0.25) is 4.79 Å². The van der Waals surface area contributed by atoms with Crippen molar-refractivity contribution >= 4 is 18.0 Å². The van der Waals surface area contributed by atoms with Gasteiger partial charge in [-0.1, -0.05) is 30.4 Å². The zero-order valence-electron chi connectivity index (χ0n) is 14.0. The van der Waals surface area contributed by atoms with Gasteiger partial charge in [0.15, 0.2) is 5.78 Å². The zero-order chi connectivity index (χ0) is 16.8. The quantitative estimate of drug-likeness (QED) is 0.657. The first-order chi connectivity index (χ1) is 10.2. The number of ketones is 1. The molecule has 0 aliphatic heterocycles. The number of alkyl carbamates (subject to hydrolysis) is 1. The highest BCUT2D eigenvalue weighted by atomic mass is 16.6. The van der Waals surface area contributed by atoms with Crippen molar-refractivity contribution in [1.82, 2.24) is 5.32 Å². The van der Waals surface area contributed by atoms with Gasteiger partial charge in [0.05, 0.1) is 0 Å². The highest BCUT2D eigenvalue weighted by Gasteiger charge is 2.15. The van der Waals surface area contributed by atoms with Crippen LogP contribution in [-0.4, -0.2) is 24.0 Å². The minimum atomic E-state index is -0.476. The standard InChI is InChI=1S/C18H25NO3/c1-13-12-15(9-10-16(13)14(2)20)8-6-7-11-19-17(21)22-18(3,4)5/h6,8-10,12H,7,11H2,1-5H3,(H,19,21). The summed E-state index contributed by atoms with van der Waals surface area (Å²) in [4.78, 5) is 22.8. The lowest BCUT2D eigenvalue weighted by atomic mass is 10.0. The molecule has 4 nitrogen and oxygen atoms in total. The Labute approximate surface area is 132 Å². The number of nitrogens with one attached hydrogen (secondary N) is 1. The number of rotatable bonds is 5. The monoisotopic (exact) mass is 303 g/mol. The maximum Gasteiger partial charge on any atom is 0.407 e. The number of hydrogen-bond donors (Lipinski definition) is 1. The van der Waals surface area contributed by atoms with E-state index in [1.54, 1.807) is 6.92 Å². The van der Waals surface area contributed by atoms with Crippen molar-refractivity contribution in [3.63, 3.8) is 0 Å². The van der Waals surface area contributed by atoms with Gasteiger partial charge < -0.3 is 10.1 Å². The number of benzene rings is 1. The summed E-state index contributed by atoms with van der Waals surface area (Å²) in [6.45, 7) is 9.52. The van der Waals surface area contributed by atoms with E-state index >= 15 is 0 Å². The molecule has 0 saturated carbocycles. The third-order valence-electron chi connectivity index (χ3n) is 2.92. The number of Topliss-reactive ketones (excluding diaryl/α,β-unsaturated/α-hetero) is 1. The van der Waals surface area contributed by atoms with E-state index in [4.69, 9.17) is 4.74 Å². The van der Waals surface area contributed by atoms with Crippen LogP contribution in [0.4, 0.5) is 4.79 Å². The first-order valence-electron chi connectivity index (χ1n) is 7.44. The second-order valence-corrected chi connectivity index (χ2v) is 6.25. The molecule has 0 aliphatic rings. The van der Waals surface area contributed by atoms with E-state index in [-0.39, 0.29) is 5.78 Å². The van der Waals surface area contributed by atoms with E-state index in [9.17, 15) is 9.59 Å². The van der Waals surface area contributed by atoms with Crippen molar-refractivity contribution in [3.8, 4) is 0 Å². The molecule has 0 aromatic heterocycles. The van der Waals surface area contributed by atoms with Gasteiger partial charge >= 0.3 is 6.09 Å². The lowest BCUT2D eigenvalue weighted by molar-refractivity contribution is 0.0528. The lowest BCUT2D eigenvalue weighted by Gasteiger charge is -2.19. The van der Waals surface area contributed by atoms with Crippen LogP contribution in [0.1, 0.15) is 55.6 Å². The van der Waals surface area contributed by atoms with Crippen molar-refractivity contribution in [2.24, 2.45) is 0 Å². The van der Waals surface area contributed by atoms with Gasteiger partial charge in [-0.2, -0.15) is 0 Å². The molecule has 0 atom stereocenters. The van der Waals surface area contributed by atoms with Gasteiger partial charge in [-0.05, 0) is 52.2 Å². The van der Waals surface area contributed by atoms with Crippen molar-refractivity contribution in [1.29, 1.82) is 0 Å². The fourth-order valence-electron chi connectivity index (χ4n) is 1.98. The van der Waals surface area contributed by atoms with Gasteiger partial charge in [0.25, 0.3) is 0 Å². The molecule has 120 valence electrons. The molecule has 4 heteroatoms. The van der Waals surface area contributed by atoms with E-state index < -0.39 is 11.7 Å². The van der Waals surface area contributed by atoms with Crippen LogP contribution in [0.2, 0.25) is 0 Å². The highest BCUT2D eigenvalue weighted by molar-refractivity contribution is 5.95. The molecule has 0 fully saturated rings. The van der Waals surface area contributed by atoms with E-state index in [0.717, 1.165) is 16.7 Å². The molecular formula is C18H25NO3. The first-order valence-corrected chi connectivity index (χ1v) is 7.44. The molecule has 1 amide bonds. The number of hydrogen-bond acceptors (Lipinski definition) is 3. The molecule has 0 radical (unpaired) electrons. The van der Waals surface area contributed by atoms with Crippen LogP contribution in [0.25, 0.3) is 6.08 Å². The lowest BCUT2D eigenvalue weighted by Crippen LogP contribution is -2.32. The van der Waals surface area contributed by atoms with Gasteiger partial charge in [-0.25, -0.2) is 4.79 Å². The Morgan fingerprint density at radius 1 is 1.27 bits per heavy atom. The number of carbonyl (C=O) groups excluding carboxylic acids is 2. The molecule has 1 aromatic carbocycles. The average molecular weight is 303 g/mol. The van der Waals surface area contributed by atoms with Crippen LogP contribution in [0.3, 0.4) is 0 Å². The maximum atomic E-state index is 11.4. The molecule has 1 rings (SSSR count). The fraction of sp³-hybridized carbons (Fsp3) is 0.444. The smallest absolute Gasteiger partial charge is 0.407 e. The van der Waals surface area contributed by atoms with E-state index in [2.05, 4.69) is 5.32 Å². The van der Waals surface area contributed by atoms with Crippen molar-refractivity contribution in [2.45, 2.75) is 46.6 Å². The second-order valence-electron chi connectivity index (χ2n) is 6.25. The molecular weight excluding hydrogens is 278 g/mol. The van der Waals surface area contributed by atoms with Crippen LogP contribution in [-0.2, 0) is 4.74 Å². The summed E-state index contributed by atoms with van der Waals surface area (Å²) in [6.07, 6.45) is 4.28. The van der Waals surface area contributed by atoms with Crippen molar-refractivity contribution in [3.05, 3.63) is 41.0 Å². The SMILES string of the molecule is CC(=O)c1ccc(C=CCCNC(=O)OC(C)(C)C)cc1C. The molecule has 0 unspecified atom stereocenters.